The summed E-state index contributed by atoms with van der Waals surface area (Å²) in [6, 6.07) is 67.9. The molecule has 8 aromatic carbocycles. The molecule has 0 aromatic heterocycles. The first kappa shape index (κ1) is 39.6. The van der Waals surface area contributed by atoms with Crippen LogP contribution < -0.4 is 0 Å². The van der Waals surface area contributed by atoms with Crippen LogP contribution in [0.1, 0.15) is 144 Å². The first-order chi connectivity index (χ1) is 28.8. The van der Waals surface area contributed by atoms with E-state index in [9.17, 15) is 5.11 Å². The van der Waals surface area contributed by atoms with E-state index >= 15 is 0 Å². The largest absolute Gasteiger partial charge is 0.507 e. The first-order valence-electron chi connectivity index (χ1n) is 21.4. The van der Waals surface area contributed by atoms with Gasteiger partial charge in [-0.15, -0.1) is 0 Å². The zero-order valence-electron chi connectivity index (χ0n) is 35.3. The Morgan fingerprint density at radius 1 is 0.288 bits per heavy atom. The molecule has 0 aliphatic rings. The van der Waals surface area contributed by atoms with Crippen LogP contribution in [-0.2, 0) is 0 Å². The number of phenolic OH excluding ortho intramolecular Hbond substituents is 1. The Balaban J connectivity index is 1.63. The number of hydrogen-bond acceptors (Lipinski definition) is 1. The third-order valence-electron chi connectivity index (χ3n) is 13.2. The average molecular weight is 769 g/mol. The smallest absolute Gasteiger partial charge is 0.127 e. The van der Waals surface area contributed by atoms with Crippen LogP contribution in [0.25, 0.3) is 10.8 Å². The summed E-state index contributed by atoms with van der Waals surface area (Å²) in [5.41, 5.74) is 14.9. The highest BCUT2D eigenvalue weighted by molar-refractivity contribution is 6.00. The van der Waals surface area contributed by atoms with Gasteiger partial charge in [-0.1, -0.05) is 224 Å². The summed E-state index contributed by atoms with van der Waals surface area (Å²) in [4.78, 5) is 0. The van der Waals surface area contributed by atoms with Crippen LogP contribution in [0.2, 0.25) is 0 Å². The van der Waals surface area contributed by atoms with Gasteiger partial charge in [0.15, 0.2) is 0 Å². The summed E-state index contributed by atoms with van der Waals surface area (Å²) in [6.45, 7) is 14.1. The van der Waals surface area contributed by atoms with Gasteiger partial charge in [-0.2, -0.15) is 0 Å². The molecule has 0 bridgehead atoms. The lowest BCUT2D eigenvalue weighted by molar-refractivity contribution is 0.470. The van der Waals surface area contributed by atoms with Crippen molar-refractivity contribution in [2.24, 2.45) is 0 Å². The molecule has 0 aliphatic heterocycles. The number of benzene rings is 8. The van der Waals surface area contributed by atoms with Crippen LogP contribution >= 0.6 is 0 Å². The summed E-state index contributed by atoms with van der Waals surface area (Å²) in [5.74, 6) is 0.476. The Bertz CT molecular complexity index is 2570. The fourth-order valence-corrected chi connectivity index (χ4v) is 9.88. The predicted octanol–water partition coefficient (Wildman–Crippen LogP) is 15.5. The quantitative estimate of drug-likeness (QED) is 0.131. The Hall–Kier alpha value is -6.18. The van der Waals surface area contributed by atoms with Crippen molar-refractivity contribution >= 4 is 10.8 Å². The Morgan fingerprint density at radius 2 is 0.542 bits per heavy atom. The molecule has 0 amide bonds. The van der Waals surface area contributed by atoms with Gasteiger partial charge >= 0.3 is 0 Å². The summed E-state index contributed by atoms with van der Waals surface area (Å²) < 4.78 is 0. The lowest BCUT2D eigenvalue weighted by Gasteiger charge is -2.35. The topological polar surface area (TPSA) is 20.2 Å². The Morgan fingerprint density at radius 3 is 0.881 bits per heavy atom. The summed E-state index contributed by atoms with van der Waals surface area (Å²) in [6.07, 6.45) is 0. The van der Waals surface area contributed by atoms with Gasteiger partial charge in [0.05, 0.1) is 0 Å². The van der Waals surface area contributed by atoms with Gasteiger partial charge in [0.2, 0.25) is 0 Å². The molecular formula is C58H56O. The van der Waals surface area contributed by atoms with E-state index in [2.05, 4.69) is 230 Å². The van der Waals surface area contributed by atoms with E-state index in [0.717, 1.165) is 10.9 Å². The number of rotatable bonds is 12. The maximum Gasteiger partial charge on any atom is 0.127 e. The van der Waals surface area contributed by atoms with Crippen LogP contribution in [-0.4, -0.2) is 5.11 Å². The van der Waals surface area contributed by atoms with Crippen LogP contribution in [0.4, 0.5) is 0 Å². The molecule has 294 valence electrons. The van der Waals surface area contributed by atoms with Crippen LogP contribution in [0, 0.1) is 0 Å². The van der Waals surface area contributed by atoms with Gasteiger partial charge in [-0.05, 0) is 72.7 Å². The Labute approximate surface area is 352 Å². The second-order valence-electron chi connectivity index (χ2n) is 16.6. The molecule has 0 fully saturated rings. The molecule has 0 aliphatic carbocycles. The van der Waals surface area contributed by atoms with Gasteiger partial charge in [0, 0.05) is 46.5 Å². The Kier molecular flexibility index (Phi) is 11.7. The summed E-state index contributed by atoms with van der Waals surface area (Å²) in [7, 11) is 0. The number of phenols is 1. The lowest BCUT2D eigenvalue weighted by Crippen LogP contribution is -2.17. The third-order valence-corrected chi connectivity index (χ3v) is 13.2. The average Bonchev–Trinajstić information content (AvgIpc) is 3.31. The highest BCUT2D eigenvalue weighted by Crippen LogP contribution is 2.54. The van der Waals surface area contributed by atoms with Crippen LogP contribution in [0.15, 0.2) is 188 Å². The van der Waals surface area contributed by atoms with Gasteiger partial charge in [0.1, 0.15) is 5.75 Å². The first-order valence-corrected chi connectivity index (χ1v) is 21.4. The SMILES string of the molecule is CC(c1ccccc1)c1cc2c(O)c(C(C)c3ccccc3)c(C(C)c3ccccc3)c(C(C)c3ccccc3)c2c(C(C)c2ccccc2)c1C(C)c1ccccc1. The van der Waals surface area contributed by atoms with Crippen molar-refractivity contribution in [3.8, 4) is 5.75 Å². The molecule has 1 nitrogen and oxygen atoms in total. The van der Waals surface area contributed by atoms with Crippen molar-refractivity contribution in [3.63, 3.8) is 0 Å². The lowest BCUT2D eigenvalue weighted by atomic mass is 9.69. The van der Waals surface area contributed by atoms with Gasteiger partial charge in [-0.3, -0.25) is 0 Å². The predicted molar refractivity (Wildman–Crippen MR) is 249 cm³/mol. The molecule has 8 aromatic rings. The minimum atomic E-state index is -0.0728. The van der Waals surface area contributed by atoms with Gasteiger partial charge < -0.3 is 5.11 Å². The zero-order chi connectivity index (χ0) is 41.0. The molecule has 0 radical (unpaired) electrons. The molecule has 1 N–H and O–H groups in total. The van der Waals surface area contributed by atoms with E-state index in [4.69, 9.17) is 0 Å². The fraction of sp³-hybridized carbons (Fsp3) is 0.207. The van der Waals surface area contributed by atoms with Crippen molar-refractivity contribution in [1.29, 1.82) is 0 Å². The van der Waals surface area contributed by atoms with E-state index in [1.54, 1.807) is 0 Å². The third kappa shape index (κ3) is 7.63. The fourth-order valence-electron chi connectivity index (χ4n) is 9.88. The molecule has 0 heterocycles. The maximum absolute atomic E-state index is 13.4. The number of fused-ring (bicyclic) bond motifs is 1. The van der Waals surface area contributed by atoms with Crippen LogP contribution in [0.5, 0.6) is 5.75 Å². The van der Waals surface area contributed by atoms with Crippen molar-refractivity contribution in [1.82, 2.24) is 0 Å². The highest BCUT2D eigenvalue weighted by Gasteiger charge is 2.35. The van der Waals surface area contributed by atoms with Crippen LogP contribution in [0.3, 0.4) is 0 Å². The minimum absolute atomic E-state index is 0.00776. The molecule has 1 heteroatoms. The van der Waals surface area contributed by atoms with Gasteiger partial charge in [-0.25, -0.2) is 0 Å². The van der Waals surface area contributed by atoms with Crippen molar-refractivity contribution in [3.05, 3.63) is 255 Å². The molecule has 59 heavy (non-hydrogen) atoms. The number of aromatic hydroxyl groups is 1. The van der Waals surface area contributed by atoms with Crippen molar-refractivity contribution in [2.45, 2.75) is 77.0 Å². The van der Waals surface area contributed by atoms with Crippen molar-refractivity contribution < 1.29 is 5.11 Å². The highest BCUT2D eigenvalue weighted by atomic mass is 16.3. The molecule has 6 atom stereocenters. The normalized spacial score (nSPS) is 14.6. The van der Waals surface area contributed by atoms with Crippen molar-refractivity contribution in [2.75, 3.05) is 0 Å². The zero-order valence-corrected chi connectivity index (χ0v) is 35.3. The maximum atomic E-state index is 13.4. The molecule has 0 saturated carbocycles. The van der Waals surface area contributed by atoms with E-state index < -0.39 is 0 Å². The van der Waals surface area contributed by atoms with E-state index in [1.165, 1.54) is 66.6 Å². The molecule has 6 unspecified atom stereocenters. The second-order valence-corrected chi connectivity index (χ2v) is 16.6. The standard InChI is InChI=1S/C58H56O/c1-38(44-25-13-7-14-26-44)50-37-51-57(53(40(3)46-29-17-9-18-30-46)52(50)39(2)45-27-15-8-16-28-45)55(42(5)48-33-21-11-22-34-48)54(41(4)47-31-19-10-20-32-47)56(58(51)59)43(6)49-35-23-12-24-36-49/h7-43,59H,1-6H3. The molecule has 8 rings (SSSR count). The second kappa shape index (κ2) is 17.4. The van der Waals surface area contributed by atoms with E-state index in [-0.39, 0.29) is 35.5 Å². The summed E-state index contributed by atoms with van der Waals surface area (Å²) in [5, 5.41) is 15.5. The molecule has 0 spiro atoms. The number of hydrogen-bond donors (Lipinski definition) is 1. The van der Waals surface area contributed by atoms with Gasteiger partial charge in [0.25, 0.3) is 0 Å². The molecular weight excluding hydrogens is 713 g/mol. The molecule has 0 saturated heterocycles. The van der Waals surface area contributed by atoms with E-state index in [0.29, 0.717) is 5.75 Å². The summed E-state index contributed by atoms with van der Waals surface area (Å²) >= 11 is 0. The minimum Gasteiger partial charge on any atom is -0.507 e. The monoisotopic (exact) mass is 768 g/mol. The van der Waals surface area contributed by atoms with E-state index in [1.807, 2.05) is 0 Å².